The summed E-state index contributed by atoms with van der Waals surface area (Å²) in [7, 11) is 1.65. The fourth-order valence-corrected chi connectivity index (χ4v) is 3.79. The Balaban J connectivity index is 1.98. The van der Waals surface area contributed by atoms with Crippen LogP contribution in [0, 0.1) is 6.92 Å². The molecule has 0 fully saturated rings. The molecule has 1 amide bonds. The van der Waals surface area contributed by atoms with E-state index in [1.54, 1.807) is 7.11 Å². The summed E-state index contributed by atoms with van der Waals surface area (Å²) >= 11 is 1.31. The number of hydrogen-bond acceptors (Lipinski definition) is 5. The second kappa shape index (κ2) is 8.83. The number of rotatable bonds is 8. The van der Waals surface area contributed by atoms with Crippen LogP contribution in [0.25, 0.3) is 11.4 Å². The molecule has 0 aliphatic carbocycles. The van der Waals surface area contributed by atoms with Gasteiger partial charge in [-0.15, -0.1) is 10.2 Å². The predicted molar refractivity (Wildman–Crippen MR) is 106 cm³/mol. The summed E-state index contributed by atoms with van der Waals surface area (Å²) < 4.78 is 7.22. The molecule has 3 rings (SSSR count). The molecule has 0 spiro atoms. The molecule has 2 N–H and O–H groups in total. The lowest BCUT2D eigenvalue weighted by molar-refractivity contribution is -0.117. The molecule has 6 nitrogen and oxygen atoms in total. The van der Waals surface area contributed by atoms with Crippen LogP contribution in [0.3, 0.4) is 0 Å². The van der Waals surface area contributed by atoms with Gasteiger partial charge in [0.15, 0.2) is 11.0 Å². The monoisotopic (exact) mass is 382 g/mol. The molecule has 0 saturated heterocycles. The van der Waals surface area contributed by atoms with Crippen molar-refractivity contribution in [2.75, 3.05) is 13.7 Å². The van der Waals surface area contributed by atoms with Crippen molar-refractivity contribution in [3.63, 3.8) is 0 Å². The smallest absolute Gasteiger partial charge is 0.235 e. The molecule has 1 heterocycles. The number of carbonyl (C=O) groups excluding carboxylic acids is 1. The van der Waals surface area contributed by atoms with Gasteiger partial charge in [-0.3, -0.25) is 9.36 Å². The Morgan fingerprint density at radius 2 is 1.96 bits per heavy atom. The summed E-state index contributed by atoms with van der Waals surface area (Å²) in [6.07, 6.45) is 0. The van der Waals surface area contributed by atoms with Gasteiger partial charge in [0, 0.05) is 12.7 Å². The molecule has 1 aromatic heterocycles. The lowest BCUT2D eigenvalue weighted by Crippen LogP contribution is -2.19. The largest absolute Gasteiger partial charge is 0.383 e. The third kappa shape index (κ3) is 4.56. The maximum Gasteiger partial charge on any atom is 0.235 e. The van der Waals surface area contributed by atoms with Crippen molar-refractivity contribution in [2.24, 2.45) is 5.73 Å². The highest BCUT2D eigenvalue weighted by Gasteiger charge is 2.24. The van der Waals surface area contributed by atoms with E-state index in [1.165, 1.54) is 11.8 Å². The molecule has 0 radical (unpaired) electrons. The van der Waals surface area contributed by atoms with Crippen LogP contribution >= 0.6 is 11.8 Å². The van der Waals surface area contributed by atoms with Crippen LogP contribution in [0.1, 0.15) is 16.4 Å². The van der Waals surface area contributed by atoms with E-state index in [0.29, 0.717) is 18.3 Å². The number of carbonyl (C=O) groups is 1. The molecule has 0 aliphatic heterocycles. The molecule has 1 atom stereocenters. The summed E-state index contributed by atoms with van der Waals surface area (Å²) in [4.78, 5) is 12.1. The second-order valence-electron chi connectivity index (χ2n) is 6.13. The number of primary amides is 1. The molecule has 2 aromatic carbocycles. The van der Waals surface area contributed by atoms with Gasteiger partial charge in [0.1, 0.15) is 5.25 Å². The van der Waals surface area contributed by atoms with Crippen molar-refractivity contribution in [1.29, 1.82) is 0 Å². The van der Waals surface area contributed by atoms with Gasteiger partial charge in [-0.25, -0.2) is 0 Å². The number of benzene rings is 2. The SMILES string of the molecule is COCCn1c(SC(C(N)=O)c2ccccc2)nnc1-c1cccc(C)c1. The van der Waals surface area contributed by atoms with Gasteiger partial charge >= 0.3 is 0 Å². The first-order valence-electron chi connectivity index (χ1n) is 8.60. The fraction of sp³-hybridized carbons (Fsp3) is 0.250. The van der Waals surface area contributed by atoms with Crippen LogP contribution in [0.5, 0.6) is 0 Å². The van der Waals surface area contributed by atoms with E-state index >= 15 is 0 Å². The highest BCUT2D eigenvalue weighted by atomic mass is 32.2. The first-order chi connectivity index (χ1) is 13.1. The summed E-state index contributed by atoms with van der Waals surface area (Å²) in [5.41, 5.74) is 8.62. The average molecular weight is 382 g/mol. The van der Waals surface area contributed by atoms with E-state index in [1.807, 2.05) is 60.0 Å². The minimum atomic E-state index is -0.540. The van der Waals surface area contributed by atoms with Crippen LogP contribution in [-0.4, -0.2) is 34.4 Å². The second-order valence-corrected chi connectivity index (χ2v) is 7.20. The Morgan fingerprint density at radius 1 is 1.19 bits per heavy atom. The third-order valence-electron chi connectivity index (χ3n) is 4.10. The zero-order valence-electron chi connectivity index (χ0n) is 15.3. The molecule has 0 bridgehead atoms. The summed E-state index contributed by atoms with van der Waals surface area (Å²) in [5, 5.41) is 8.80. The van der Waals surface area contributed by atoms with Crippen molar-refractivity contribution >= 4 is 17.7 Å². The van der Waals surface area contributed by atoms with Crippen LogP contribution in [0.2, 0.25) is 0 Å². The fourth-order valence-electron chi connectivity index (χ4n) is 2.78. The molecular weight excluding hydrogens is 360 g/mol. The summed E-state index contributed by atoms with van der Waals surface area (Å²) in [5.74, 6) is 0.333. The minimum Gasteiger partial charge on any atom is -0.383 e. The normalized spacial score (nSPS) is 12.1. The minimum absolute atomic E-state index is 0.412. The lowest BCUT2D eigenvalue weighted by atomic mass is 10.1. The maximum atomic E-state index is 12.1. The predicted octanol–water partition coefficient (Wildman–Crippen LogP) is 3.22. The standard InChI is InChI=1S/C20H22N4O2S/c1-14-7-6-10-16(13-14)19-22-23-20(24(19)11-12-26-2)27-17(18(21)25)15-8-4-3-5-9-15/h3-10,13,17H,11-12H2,1-2H3,(H2,21,25). The highest BCUT2D eigenvalue weighted by Crippen LogP contribution is 2.35. The van der Waals surface area contributed by atoms with Gasteiger partial charge in [-0.05, 0) is 18.6 Å². The number of nitrogens with zero attached hydrogens (tertiary/aromatic N) is 3. The number of amides is 1. The number of hydrogen-bond donors (Lipinski definition) is 1. The van der Waals surface area contributed by atoms with E-state index in [0.717, 1.165) is 22.5 Å². The topological polar surface area (TPSA) is 83.0 Å². The molecule has 0 saturated carbocycles. The first kappa shape index (κ1) is 19.1. The van der Waals surface area contributed by atoms with Gasteiger partial charge in [-0.2, -0.15) is 0 Å². The van der Waals surface area contributed by atoms with E-state index < -0.39 is 11.2 Å². The molecule has 140 valence electrons. The molecule has 1 unspecified atom stereocenters. The number of ether oxygens (including phenoxy) is 1. The van der Waals surface area contributed by atoms with Crippen LogP contribution in [-0.2, 0) is 16.1 Å². The average Bonchev–Trinajstić information content (AvgIpc) is 3.07. The third-order valence-corrected chi connectivity index (χ3v) is 5.35. The Kier molecular flexibility index (Phi) is 6.26. The van der Waals surface area contributed by atoms with Gasteiger partial charge in [0.05, 0.1) is 13.2 Å². The lowest BCUT2D eigenvalue weighted by Gasteiger charge is -2.15. The van der Waals surface area contributed by atoms with Gasteiger partial charge < -0.3 is 10.5 Å². The van der Waals surface area contributed by atoms with Crippen LogP contribution in [0.15, 0.2) is 59.8 Å². The van der Waals surface area contributed by atoms with Gasteiger partial charge in [0.25, 0.3) is 0 Å². The number of aryl methyl sites for hydroxylation is 1. The first-order valence-corrected chi connectivity index (χ1v) is 9.48. The molecule has 27 heavy (non-hydrogen) atoms. The molecule has 3 aromatic rings. The van der Waals surface area contributed by atoms with Crippen molar-refractivity contribution in [3.8, 4) is 11.4 Å². The Labute approximate surface area is 162 Å². The van der Waals surface area contributed by atoms with E-state index in [-0.39, 0.29) is 0 Å². The summed E-state index contributed by atoms with van der Waals surface area (Å²) in [6, 6.07) is 17.5. The zero-order chi connectivity index (χ0) is 19.2. The van der Waals surface area contributed by atoms with E-state index in [9.17, 15) is 4.79 Å². The number of methoxy groups -OCH3 is 1. The Hall–Kier alpha value is -2.64. The van der Waals surface area contributed by atoms with Crippen LogP contribution in [0.4, 0.5) is 0 Å². The molecular formula is C20H22N4O2S. The van der Waals surface area contributed by atoms with Crippen molar-refractivity contribution in [3.05, 3.63) is 65.7 Å². The molecule has 7 heteroatoms. The number of nitrogens with two attached hydrogens (primary N) is 1. The summed E-state index contributed by atoms with van der Waals surface area (Å²) in [6.45, 7) is 3.12. The van der Waals surface area contributed by atoms with Gasteiger partial charge in [0.2, 0.25) is 5.91 Å². The van der Waals surface area contributed by atoms with Crippen LogP contribution < -0.4 is 5.73 Å². The molecule has 0 aliphatic rings. The number of aromatic nitrogens is 3. The van der Waals surface area contributed by atoms with E-state index in [4.69, 9.17) is 10.5 Å². The van der Waals surface area contributed by atoms with Crippen molar-refractivity contribution < 1.29 is 9.53 Å². The quantitative estimate of drug-likeness (QED) is 0.605. The zero-order valence-corrected chi connectivity index (χ0v) is 16.1. The Bertz CT molecular complexity index is 911. The van der Waals surface area contributed by atoms with Gasteiger partial charge in [-0.1, -0.05) is 65.9 Å². The highest BCUT2D eigenvalue weighted by molar-refractivity contribution is 8.00. The Morgan fingerprint density at radius 3 is 2.63 bits per heavy atom. The van der Waals surface area contributed by atoms with Crippen molar-refractivity contribution in [2.45, 2.75) is 23.9 Å². The van der Waals surface area contributed by atoms with Crippen molar-refractivity contribution in [1.82, 2.24) is 14.8 Å². The van der Waals surface area contributed by atoms with E-state index in [2.05, 4.69) is 16.3 Å². The number of thioether (sulfide) groups is 1. The maximum absolute atomic E-state index is 12.1.